The summed E-state index contributed by atoms with van der Waals surface area (Å²) in [6.45, 7) is 5.82. The van der Waals surface area contributed by atoms with E-state index in [1.165, 1.54) is 0 Å². The van der Waals surface area contributed by atoms with E-state index in [0.717, 1.165) is 22.0 Å². The summed E-state index contributed by atoms with van der Waals surface area (Å²) in [6, 6.07) is 0. The predicted molar refractivity (Wildman–Crippen MR) is 65.2 cm³/mol. The van der Waals surface area contributed by atoms with Gasteiger partial charge in [-0.05, 0) is 20.8 Å². The lowest BCUT2D eigenvalue weighted by atomic mass is 10.2. The molecule has 2 aromatic heterocycles. The minimum absolute atomic E-state index is 0.611. The first-order valence-electron chi connectivity index (χ1n) is 4.86. The molecule has 6 heteroatoms. The van der Waals surface area contributed by atoms with Crippen LogP contribution in [0.25, 0.3) is 11.5 Å². The average Bonchev–Trinajstić information content (AvgIpc) is 2.69. The third-order valence-corrected chi connectivity index (χ3v) is 3.15. The van der Waals surface area contributed by atoms with Crippen LogP contribution in [0.2, 0.25) is 0 Å². The van der Waals surface area contributed by atoms with E-state index in [1.54, 1.807) is 11.3 Å². The zero-order valence-electron chi connectivity index (χ0n) is 9.40. The lowest BCUT2D eigenvalue weighted by molar-refractivity contribution is 1.05. The molecule has 0 aliphatic heterocycles. The van der Waals surface area contributed by atoms with E-state index in [1.807, 2.05) is 26.2 Å². The van der Waals surface area contributed by atoms with Crippen LogP contribution in [0.5, 0.6) is 0 Å². The van der Waals surface area contributed by atoms with E-state index in [0.29, 0.717) is 11.6 Å². The number of nitrogens with zero attached hydrogens (tertiary/aromatic N) is 3. The SMILES string of the molecule is Cc1nc(-c2nc(C)c(C)c(NN)n2)cs1. The van der Waals surface area contributed by atoms with E-state index < -0.39 is 0 Å². The van der Waals surface area contributed by atoms with Crippen molar-refractivity contribution in [2.24, 2.45) is 5.84 Å². The van der Waals surface area contributed by atoms with Gasteiger partial charge < -0.3 is 5.43 Å². The molecular formula is C10H13N5S. The molecule has 2 rings (SSSR count). The van der Waals surface area contributed by atoms with Gasteiger partial charge in [-0.3, -0.25) is 0 Å². The maximum atomic E-state index is 5.41. The standard InChI is InChI=1S/C10H13N5S/c1-5-6(2)12-10(14-9(5)15-11)8-4-16-7(3)13-8/h4H,11H2,1-3H3,(H,12,14,15). The highest BCUT2D eigenvalue weighted by atomic mass is 32.1. The Hall–Kier alpha value is -1.53. The van der Waals surface area contributed by atoms with Crippen molar-refractivity contribution in [1.29, 1.82) is 0 Å². The number of aromatic nitrogens is 3. The van der Waals surface area contributed by atoms with Crippen LogP contribution < -0.4 is 11.3 Å². The number of rotatable bonds is 2. The summed E-state index contributed by atoms with van der Waals surface area (Å²) in [6.07, 6.45) is 0. The Morgan fingerprint density at radius 2 is 1.94 bits per heavy atom. The Morgan fingerprint density at radius 3 is 2.50 bits per heavy atom. The number of aryl methyl sites for hydroxylation is 2. The first-order chi connectivity index (χ1) is 7.61. The first kappa shape index (κ1) is 11.0. The van der Waals surface area contributed by atoms with E-state index >= 15 is 0 Å². The fraction of sp³-hybridized carbons (Fsp3) is 0.300. The fourth-order valence-corrected chi connectivity index (χ4v) is 1.94. The van der Waals surface area contributed by atoms with Crippen molar-refractivity contribution in [1.82, 2.24) is 15.0 Å². The third-order valence-electron chi connectivity index (χ3n) is 2.37. The first-order valence-corrected chi connectivity index (χ1v) is 5.74. The second kappa shape index (κ2) is 4.15. The highest BCUT2D eigenvalue weighted by molar-refractivity contribution is 7.09. The topological polar surface area (TPSA) is 76.7 Å². The fourth-order valence-electron chi connectivity index (χ4n) is 1.35. The molecule has 0 aliphatic rings. The molecule has 0 bridgehead atoms. The Morgan fingerprint density at radius 1 is 1.19 bits per heavy atom. The van der Waals surface area contributed by atoms with E-state index in [4.69, 9.17) is 5.84 Å². The lowest BCUT2D eigenvalue weighted by Crippen LogP contribution is -2.12. The molecule has 2 heterocycles. The van der Waals surface area contributed by atoms with Crippen LogP contribution in [-0.4, -0.2) is 15.0 Å². The summed E-state index contributed by atoms with van der Waals surface area (Å²) >= 11 is 1.58. The molecule has 0 aromatic carbocycles. The molecule has 0 aliphatic carbocycles. The van der Waals surface area contributed by atoms with Crippen LogP contribution in [0, 0.1) is 20.8 Å². The summed E-state index contributed by atoms with van der Waals surface area (Å²) in [4.78, 5) is 13.1. The van der Waals surface area contributed by atoms with Gasteiger partial charge in [0.25, 0.3) is 0 Å². The summed E-state index contributed by atoms with van der Waals surface area (Å²) in [5, 5.41) is 2.94. The average molecular weight is 235 g/mol. The van der Waals surface area contributed by atoms with Crippen molar-refractivity contribution in [3.8, 4) is 11.5 Å². The number of hydrazine groups is 1. The van der Waals surface area contributed by atoms with Gasteiger partial charge in [0, 0.05) is 16.6 Å². The number of thiazole rings is 1. The van der Waals surface area contributed by atoms with Crippen LogP contribution in [0.15, 0.2) is 5.38 Å². The van der Waals surface area contributed by atoms with Crippen molar-refractivity contribution in [2.45, 2.75) is 20.8 Å². The van der Waals surface area contributed by atoms with Crippen molar-refractivity contribution >= 4 is 17.2 Å². The van der Waals surface area contributed by atoms with Gasteiger partial charge in [-0.2, -0.15) is 0 Å². The predicted octanol–water partition coefficient (Wildman–Crippen LogP) is 1.81. The van der Waals surface area contributed by atoms with Crippen LogP contribution in [0.1, 0.15) is 16.3 Å². The van der Waals surface area contributed by atoms with Crippen LogP contribution in [0.4, 0.5) is 5.82 Å². The van der Waals surface area contributed by atoms with Gasteiger partial charge >= 0.3 is 0 Å². The van der Waals surface area contributed by atoms with Crippen molar-refractivity contribution < 1.29 is 0 Å². The van der Waals surface area contributed by atoms with Crippen LogP contribution in [-0.2, 0) is 0 Å². The monoisotopic (exact) mass is 235 g/mol. The summed E-state index contributed by atoms with van der Waals surface area (Å²) in [5.41, 5.74) is 5.23. The Kier molecular flexibility index (Phi) is 2.84. The quantitative estimate of drug-likeness (QED) is 0.613. The molecule has 84 valence electrons. The highest BCUT2D eigenvalue weighted by Crippen LogP contribution is 2.22. The zero-order valence-corrected chi connectivity index (χ0v) is 10.2. The number of nitrogen functional groups attached to an aromatic ring is 1. The third kappa shape index (κ3) is 1.89. The molecule has 0 amide bonds. The second-order valence-corrected chi connectivity index (χ2v) is 4.56. The van der Waals surface area contributed by atoms with Crippen molar-refractivity contribution in [3.63, 3.8) is 0 Å². The molecule has 16 heavy (non-hydrogen) atoms. The highest BCUT2D eigenvalue weighted by Gasteiger charge is 2.10. The van der Waals surface area contributed by atoms with Crippen molar-refractivity contribution in [3.05, 3.63) is 21.6 Å². The van der Waals surface area contributed by atoms with E-state index in [-0.39, 0.29) is 0 Å². The zero-order chi connectivity index (χ0) is 11.7. The largest absolute Gasteiger partial charge is 0.308 e. The minimum Gasteiger partial charge on any atom is -0.308 e. The molecule has 0 unspecified atom stereocenters. The summed E-state index contributed by atoms with van der Waals surface area (Å²) in [5.74, 6) is 6.67. The van der Waals surface area contributed by atoms with Crippen LogP contribution in [0.3, 0.4) is 0 Å². The summed E-state index contributed by atoms with van der Waals surface area (Å²) < 4.78 is 0. The smallest absolute Gasteiger partial charge is 0.181 e. The lowest BCUT2D eigenvalue weighted by Gasteiger charge is -2.07. The molecule has 0 atom stereocenters. The molecule has 0 spiro atoms. The molecular weight excluding hydrogens is 222 g/mol. The van der Waals surface area contributed by atoms with Gasteiger partial charge in [-0.1, -0.05) is 0 Å². The number of anilines is 1. The van der Waals surface area contributed by atoms with Gasteiger partial charge in [0.15, 0.2) is 5.82 Å². The van der Waals surface area contributed by atoms with Gasteiger partial charge in [0.05, 0.1) is 5.01 Å². The number of nitrogens with two attached hydrogens (primary N) is 1. The Labute approximate surface area is 97.7 Å². The normalized spacial score (nSPS) is 10.5. The molecule has 5 nitrogen and oxygen atoms in total. The Balaban J connectivity index is 2.54. The van der Waals surface area contributed by atoms with Gasteiger partial charge in [-0.25, -0.2) is 20.8 Å². The van der Waals surface area contributed by atoms with Crippen molar-refractivity contribution in [2.75, 3.05) is 5.43 Å². The second-order valence-electron chi connectivity index (χ2n) is 3.50. The van der Waals surface area contributed by atoms with Gasteiger partial charge in [0.2, 0.25) is 0 Å². The number of hydrogen-bond donors (Lipinski definition) is 2. The van der Waals surface area contributed by atoms with E-state index in [2.05, 4.69) is 20.4 Å². The molecule has 0 radical (unpaired) electrons. The Bertz CT molecular complexity index is 520. The minimum atomic E-state index is 0.611. The number of nitrogens with one attached hydrogen (secondary N) is 1. The molecule has 2 aromatic rings. The van der Waals surface area contributed by atoms with E-state index in [9.17, 15) is 0 Å². The maximum Gasteiger partial charge on any atom is 0.181 e. The number of hydrogen-bond acceptors (Lipinski definition) is 6. The van der Waals surface area contributed by atoms with Gasteiger partial charge in [0.1, 0.15) is 11.5 Å². The molecule has 0 saturated heterocycles. The van der Waals surface area contributed by atoms with Crippen LogP contribution >= 0.6 is 11.3 Å². The maximum absolute atomic E-state index is 5.41. The molecule has 0 fully saturated rings. The summed E-state index contributed by atoms with van der Waals surface area (Å²) in [7, 11) is 0. The molecule has 3 N–H and O–H groups in total. The molecule has 0 saturated carbocycles. The van der Waals surface area contributed by atoms with Gasteiger partial charge in [-0.15, -0.1) is 11.3 Å².